The molecule has 2 aliphatic carbocycles. The first-order valence-electron chi connectivity index (χ1n) is 9.53. The fourth-order valence-corrected chi connectivity index (χ4v) is 7.11. The molecule has 124 valence electrons. The van der Waals surface area contributed by atoms with Crippen molar-refractivity contribution in [2.45, 2.75) is 69.2 Å². The second-order valence-electron chi connectivity index (χ2n) is 9.75. The van der Waals surface area contributed by atoms with Crippen molar-refractivity contribution in [2.24, 2.45) is 64.6 Å². The Hall–Kier alpha value is 0. The predicted octanol–water partition coefficient (Wildman–Crippen LogP) is 6.36. The maximum atomic E-state index is 2.61. The minimum absolute atomic E-state index is 0.468. The van der Waals surface area contributed by atoms with E-state index in [9.17, 15) is 0 Å². The summed E-state index contributed by atoms with van der Waals surface area (Å²) in [5, 5.41) is 0. The molecule has 2 fully saturated rings. The Bertz CT molecular complexity index is 306. The van der Waals surface area contributed by atoms with Crippen LogP contribution in [0.3, 0.4) is 0 Å². The van der Waals surface area contributed by atoms with Crippen molar-refractivity contribution in [3.05, 3.63) is 0 Å². The monoisotopic (exact) mass is 292 g/mol. The number of rotatable bonds is 2. The van der Waals surface area contributed by atoms with E-state index in [1.54, 1.807) is 0 Å². The van der Waals surface area contributed by atoms with Gasteiger partial charge in [0.2, 0.25) is 0 Å². The van der Waals surface area contributed by atoms with Gasteiger partial charge >= 0.3 is 0 Å². The SMILES string of the molecule is CC1[C@@H](C)C(C(C)(C)C2[C@@H](C)[C@@H](C)[C@H](C)[C@@H]2C)[C@H](C)[C@@H]1C. The Morgan fingerprint density at radius 3 is 0.762 bits per heavy atom. The van der Waals surface area contributed by atoms with Crippen LogP contribution in [-0.4, -0.2) is 0 Å². The van der Waals surface area contributed by atoms with E-state index in [1.165, 1.54) is 0 Å². The van der Waals surface area contributed by atoms with Crippen LogP contribution in [0.2, 0.25) is 0 Å². The lowest BCUT2D eigenvalue weighted by molar-refractivity contribution is 0.0137. The third kappa shape index (κ3) is 2.40. The smallest absolute Gasteiger partial charge is 0.0287 e. The van der Waals surface area contributed by atoms with E-state index in [1.807, 2.05) is 0 Å². The topological polar surface area (TPSA) is 0 Å². The van der Waals surface area contributed by atoms with Gasteiger partial charge in [-0.05, 0) is 64.6 Å². The molecule has 0 N–H and O–H groups in total. The highest BCUT2D eigenvalue weighted by Gasteiger charge is 2.56. The summed E-state index contributed by atoms with van der Waals surface area (Å²) >= 11 is 0. The van der Waals surface area contributed by atoms with Crippen molar-refractivity contribution in [1.29, 1.82) is 0 Å². The van der Waals surface area contributed by atoms with Gasteiger partial charge in [0.1, 0.15) is 0 Å². The van der Waals surface area contributed by atoms with Gasteiger partial charge in [0.15, 0.2) is 0 Å². The summed E-state index contributed by atoms with van der Waals surface area (Å²) in [6.45, 7) is 25.3. The van der Waals surface area contributed by atoms with E-state index in [0.717, 1.165) is 59.2 Å². The zero-order chi connectivity index (χ0) is 16.3. The first kappa shape index (κ1) is 17.4. The summed E-state index contributed by atoms with van der Waals surface area (Å²) in [7, 11) is 0. The van der Waals surface area contributed by atoms with Crippen LogP contribution in [0.1, 0.15) is 69.2 Å². The Morgan fingerprint density at radius 1 is 0.381 bits per heavy atom. The molecule has 2 saturated carbocycles. The molecule has 0 heterocycles. The van der Waals surface area contributed by atoms with Crippen molar-refractivity contribution in [3.63, 3.8) is 0 Å². The molecule has 2 rings (SSSR count). The molecule has 0 amide bonds. The highest BCUT2D eigenvalue weighted by molar-refractivity contribution is 5.04. The molecule has 0 aromatic carbocycles. The Labute approximate surface area is 134 Å². The van der Waals surface area contributed by atoms with E-state index >= 15 is 0 Å². The zero-order valence-electron chi connectivity index (χ0n) is 16.3. The molecule has 0 aromatic rings. The van der Waals surface area contributed by atoms with Crippen LogP contribution in [-0.2, 0) is 0 Å². The third-order valence-electron chi connectivity index (χ3n) is 8.96. The average Bonchev–Trinajstić information content (AvgIpc) is 2.72. The minimum Gasteiger partial charge on any atom is -0.0620 e. The molecule has 0 spiro atoms. The summed E-state index contributed by atoms with van der Waals surface area (Å²) < 4.78 is 0. The van der Waals surface area contributed by atoms with E-state index in [4.69, 9.17) is 0 Å². The van der Waals surface area contributed by atoms with E-state index in [-0.39, 0.29) is 0 Å². The Kier molecular flexibility index (Phi) is 4.60. The molecular weight excluding hydrogens is 252 g/mol. The molecule has 0 aliphatic heterocycles. The summed E-state index contributed by atoms with van der Waals surface area (Å²) in [6.07, 6.45) is 0. The highest BCUT2D eigenvalue weighted by atomic mass is 14.6. The summed E-state index contributed by atoms with van der Waals surface area (Å²) in [4.78, 5) is 0. The normalized spacial score (nSPS) is 55.1. The molecule has 2 unspecified atom stereocenters. The molecular formula is C21H40. The van der Waals surface area contributed by atoms with Crippen LogP contribution >= 0.6 is 0 Å². The van der Waals surface area contributed by atoms with Crippen LogP contribution in [0.15, 0.2) is 0 Å². The van der Waals surface area contributed by atoms with Gasteiger partial charge < -0.3 is 0 Å². The van der Waals surface area contributed by atoms with Crippen molar-refractivity contribution in [3.8, 4) is 0 Å². The van der Waals surface area contributed by atoms with E-state index in [2.05, 4.69) is 69.2 Å². The van der Waals surface area contributed by atoms with E-state index in [0.29, 0.717) is 5.41 Å². The molecule has 0 bridgehead atoms. The van der Waals surface area contributed by atoms with Crippen LogP contribution in [0.25, 0.3) is 0 Å². The van der Waals surface area contributed by atoms with Crippen molar-refractivity contribution in [1.82, 2.24) is 0 Å². The predicted molar refractivity (Wildman–Crippen MR) is 94.1 cm³/mol. The first-order chi connectivity index (χ1) is 9.53. The first-order valence-corrected chi connectivity index (χ1v) is 9.53. The van der Waals surface area contributed by atoms with Crippen LogP contribution in [0.4, 0.5) is 0 Å². The molecule has 0 aromatic heterocycles. The van der Waals surface area contributed by atoms with Gasteiger partial charge in [0.05, 0.1) is 0 Å². The lowest BCUT2D eigenvalue weighted by Crippen LogP contribution is -2.41. The molecule has 0 nitrogen and oxygen atoms in total. The average molecular weight is 293 g/mol. The van der Waals surface area contributed by atoms with Gasteiger partial charge in [-0.15, -0.1) is 0 Å². The Morgan fingerprint density at radius 2 is 0.571 bits per heavy atom. The van der Waals surface area contributed by atoms with Crippen molar-refractivity contribution >= 4 is 0 Å². The van der Waals surface area contributed by atoms with E-state index < -0.39 is 0 Å². The maximum absolute atomic E-state index is 2.61. The largest absolute Gasteiger partial charge is 0.0620 e. The van der Waals surface area contributed by atoms with Crippen LogP contribution in [0.5, 0.6) is 0 Å². The molecule has 2 aliphatic rings. The highest BCUT2D eigenvalue weighted by Crippen LogP contribution is 2.61. The molecule has 9 atom stereocenters. The summed E-state index contributed by atoms with van der Waals surface area (Å²) in [5.74, 6) is 8.77. The van der Waals surface area contributed by atoms with Gasteiger partial charge in [-0.25, -0.2) is 0 Å². The number of hydrogen-bond donors (Lipinski definition) is 0. The fourth-order valence-electron chi connectivity index (χ4n) is 7.11. The summed E-state index contributed by atoms with van der Waals surface area (Å²) in [6, 6.07) is 0. The van der Waals surface area contributed by atoms with Crippen LogP contribution < -0.4 is 0 Å². The van der Waals surface area contributed by atoms with Crippen molar-refractivity contribution in [2.75, 3.05) is 0 Å². The standard InChI is InChI=1S/C21H40/c1-11-12(2)16(6)19(15(11)5)21(9,10)20-17(7)13(3)14(4)18(20)8/h11-20H,1-10H3/t11-,12-,13+,14?,15-,16-,17+,18+,20?/m0/s1. The van der Waals surface area contributed by atoms with Gasteiger partial charge in [-0.2, -0.15) is 0 Å². The fraction of sp³-hybridized carbons (Fsp3) is 1.00. The van der Waals surface area contributed by atoms with Gasteiger partial charge in [0, 0.05) is 0 Å². The lowest BCUT2D eigenvalue weighted by atomic mass is 9.58. The third-order valence-corrected chi connectivity index (χ3v) is 8.96. The van der Waals surface area contributed by atoms with Gasteiger partial charge in [-0.1, -0.05) is 69.2 Å². The number of hydrogen-bond acceptors (Lipinski definition) is 0. The Balaban J connectivity index is 2.34. The van der Waals surface area contributed by atoms with Gasteiger partial charge in [-0.3, -0.25) is 0 Å². The maximum Gasteiger partial charge on any atom is -0.0287 e. The second-order valence-corrected chi connectivity index (χ2v) is 9.75. The zero-order valence-corrected chi connectivity index (χ0v) is 16.3. The molecule has 0 saturated heterocycles. The lowest BCUT2D eigenvalue weighted by Gasteiger charge is -2.46. The van der Waals surface area contributed by atoms with Crippen molar-refractivity contribution < 1.29 is 0 Å². The molecule has 0 radical (unpaired) electrons. The second kappa shape index (κ2) is 5.57. The van der Waals surface area contributed by atoms with Gasteiger partial charge in [0.25, 0.3) is 0 Å². The quantitative estimate of drug-likeness (QED) is 0.555. The van der Waals surface area contributed by atoms with Crippen LogP contribution in [0, 0.1) is 64.6 Å². The molecule has 0 heteroatoms. The summed E-state index contributed by atoms with van der Waals surface area (Å²) in [5.41, 5.74) is 0.468. The minimum atomic E-state index is 0.468. The molecule has 21 heavy (non-hydrogen) atoms.